The van der Waals surface area contributed by atoms with Crippen molar-refractivity contribution in [3.05, 3.63) is 28.8 Å². The third-order valence-electron chi connectivity index (χ3n) is 2.28. The van der Waals surface area contributed by atoms with Crippen LogP contribution < -0.4 is 4.90 Å². The van der Waals surface area contributed by atoms with Gasteiger partial charge in [-0.05, 0) is 24.0 Å². The number of aliphatic hydroxyl groups is 1. The Morgan fingerprint density at radius 2 is 2.20 bits per heavy atom. The van der Waals surface area contributed by atoms with Crippen LogP contribution in [0.15, 0.2) is 18.2 Å². The lowest BCUT2D eigenvalue weighted by Gasteiger charge is -2.19. The molecule has 0 amide bonds. The van der Waals surface area contributed by atoms with Crippen LogP contribution in [-0.2, 0) is 6.61 Å². The molecule has 0 bridgehead atoms. The van der Waals surface area contributed by atoms with Crippen molar-refractivity contribution >= 4 is 29.1 Å². The van der Waals surface area contributed by atoms with Crippen LogP contribution in [0.4, 0.5) is 5.69 Å². The van der Waals surface area contributed by atoms with E-state index in [1.165, 1.54) is 0 Å². The second-order valence-corrected chi connectivity index (χ2v) is 4.74. The van der Waals surface area contributed by atoms with Gasteiger partial charge in [-0.3, -0.25) is 0 Å². The van der Waals surface area contributed by atoms with Gasteiger partial charge in [0.2, 0.25) is 0 Å². The normalized spacial score (nSPS) is 10.4. The zero-order valence-corrected chi connectivity index (χ0v) is 10.6. The van der Waals surface area contributed by atoms with Crippen molar-refractivity contribution in [2.24, 2.45) is 0 Å². The zero-order chi connectivity index (χ0) is 11.3. The van der Waals surface area contributed by atoms with E-state index in [0.29, 0.717) is 5.02 Å². The number of rotatable bonds is 5. The number of hydrogen-bond donors (Lipinski definition) is 1. The number of anilines is 1. The largest absolute Gasteiger partial charge is 0.392 e. The van der Waals surface area contributed by atoms with E-state index in [1.807, 2.05) is 37.0 Å². The lowest BCUT2D eigenvalue weighted by Crippen LogP contribution is -2.20. The highest BCUT2D eigenvalue weighted by Gasteiger charge is 2.04. The molecule has 0 saturated heterocycles. The highest BCUT2D eigenvalue weighted by molar-refractivity contribution is 7.98. The molecule has 1 N–H and O–H groups in total. The van der Waals surface area contributed by atoms with Gasteiger partial charge < -0.3 is 10.0 Å². The van der Waals surface area contributed by atoms with Crippen LogP contribution in [0.5, 0.6) is 0 Å². The Hall–Kier alpha value is -0.380. The van der Waals surface area contributed by atoms with Crippen LogP contribution in [0, 0.1) is 0 Å². The molecule has 1 aromatic carbocycles. The summed E-state index contributed by atoms with van der Waals surface area (Å²) in [5, 5.41) is 9.62. The summed E-state index contributed by atoms with van der Waals surface area (Å²) in [6, 6.07) is 5.75. The van der Waals surface area contributed by atoms with Crippen LogP contribution >= 0.6 is 23.4 Å². The Kier molecular flexibility index (Phi) is 5.29. The first kappa shape index (κ1) is 12.7. The van der Waals surface area contributed by atoms with E-state index in [-0.39, 0.29) is 6.61 Å². The van der Waals surface area contributed by atoms with Gasteiger partial charge in [0.05, 0.1) is 6.61 Å². The molecule has 4 heteroatoms. The third-order valence-corrected chi connectivity index (χ3v) is 3.22. The van der Waals surface area contributed by atoms with Gasteiger partial charge in [-0.1, -0.05) is 17.7 Å². The molecular weight excluding hydrogens is 230 g/mol. The van der Waals surface area contributed by atoms with Gasteiger partial charge >= 0.3 is 0 Å². The zero-order valence-electron chi connectivity index (χ0n) is 9.03. The first-order valence-corrected chi connectivity index (χ1v) is 6.55. The predicted octanol–water partition coefficient (Wildman–Crippen LogP) is 2.63. The number of aliphatic hydroxyl groups excluding tert-OH is 1. The topological polar surface area (TPSA) is 23.5 Å². The molecule has 0 fully saturated rings. The maximum atomic E-state index is 8.99. The van der Waals surface area contributed by atoms with Crippen LogP contribution in [0.25, 0.3) is 0 Å². The van der Waals surface area contributed by atoms with Crippen molar-refractivity contribution in [2.75, 3.05) is 30.5 Å². The van der Waals surface area contributed by atoms with E-state index in [2.05, 4.69) is 11.2 Å². The molecule has 0 saturated carbocycles. The van der Waals surface area contributed by atoms with Gasteiger partial charge in [0, 0.05) is 30.1 Å². The average molecular weight is 246 g/mol. The Labute approximate surface area is 100 Å². The van der Waals surface area contributed by atoms with Gasteiger partial charge in [-0.15, -0.1) is 0 Å². The molecule has 0 aliphatic rings. The lowest BCUT2D eigenvalue weighted by atomic mass is 10.2. The van der Waals surface area contributed by atoms with Gasteiger partial charge in [0.25, 0.3) is 0 Å². The van der Waals surface area contributed by atoms with E-state index in [1.54, 1.807) is 0 Å². The number of thioether (sulfide) groups is 1. The minimum atomic E-state index is -0.00631. The summed E-state index contributed by atoms with van der Waals surface area (Å²) in [7, 11) is 2.04. The fraction of sp³-hybridized carbons (Fsp3) is 0.455. The summed E-state index contributed by atoms with van der Waals surface area (Å²) in [6.07, 6.45) is 2.09. The maximum Gasteiger partial charge on any atom is 0.0696 e. The molecule has 0 aliphatic heterocycles. The Morgan fingerprint density at radius 1 is 1.47 bits per heavy atom. The molecule has 0 heterocycles. The van der Waals surface area contributed by atoms with Crippen LogP contribution in [0.1, 0.15) is 5.56 Å². The SMILES string of the molecule is CSCCN(C)c1ccc(CO)c(Cl)c1. The van der Waals surface area contributed by atoms with Crippen LogP contribution in [0.3, 0.4) is 0 Å². The highest BCUT2D eigenvalue weighted by atomic mass is 35.5. The van der Waals surface area contributed by atoms with E-state index >= 15 is 0 Å². The molecule has 0 radical (unpaired) electrons. The number of hydrogen-bond acceptors (Lipinski definition) is 3. The quantitative estimate of drug-likeness (QED) is 0.863. The second kappa shape index (κ2) is 6.26. The van der Waals surface area contributed by atoms with E-state index < -0.39 is 0 Å². The standard InChI is InChI=1S/C11H16ClNOS/c1-13(5-6-15-2)10-4-3-9(8-14)11(12)7-10/h3-4,7,14H,5-6,8H2,1-2H3. The van der Waals surface area contributed by atoms with Crippen molar-refractivity contribution in [3.8, 4) is 0 Å². The van der Waals surface area contributed by atoms with Gasteiger partial charge in [-0.2, -0.15) is 11.8 Å². The Morgan fingerprint density at radius 3 is 2.73 bits per heavy atom. The van der Waals surface area contributed by atoms with E-state index in [0.717, 1.165) is 23.5 Å². The monoisotopic (exact) mass is 245 g/mol. The predicted molar refractivity (Wildman–Crippen MR) is 69.0 cm³/mol. The first-order valence-electron chi connectivity index (χ1n) is 4.78. The van der Waals surface area contributed by atoms with Crippen LogP contribution in [0.2, 0.25) is 5.02 Å². The van der Waals surface area contributed by atoms with Crippen LogP contribution in [-0.4, -0.2) is 30.7 Å². The molecule has 0 unspecified atom stereocenters. The molecule has 1 aromatic rings. The van der Waals surface area contributed by atoms with Gasteiger partial charge in [-0.25, -0.2) is 0 Å². The Bertz CT molecular complexity index is 319. The molecule has 2 nitrogen and oxygen atoms in total. The fourth-order valence-electron chi connectivity index (χ4n) is 1.26. The first-order chi connectivity index (χ1) is 7.19. The smallest absolute Gasteiger partial charge is 0.0696 e. The average Bonchev–Trinajstić information content (AvgIpc) is 2.25. The molecule has 84 valence electrons. The summed E-state index contributed by atoms with van der Waals surface area (Å²) in [5.41, 5.74) is 1.87. The van der Waals surface area contributed by atoms with Gasteiger partial charge in [0.1, 0.15) is 0 Å². The molecule has 0 spiro atoms. The van der Waals surface area contributed by atoms with Crippen molar-refractivity contribution < 1.29 is 5.11 Å². The minimum Gasteiger partial charge on any atom is -0.392 e. The van der Waals surface area contributed by atoms with Crippen molar-refractivity contribution in [2.45, 2.75) is 6.61 Å². The fourth-order valence-corrected chi connectivity index (χ4v) is 1.95. The number of halogens is 1. The summed E-state index contributed by atoms with van der Waals surface area (Å²) >= 11 is 7.84. The van der Waals surface area contributed by atoms with Gasteiger partial charge in [0.15, 0.2) is 0 Å². The molecule has 0 aliphatic carbocycles. The van der Waals surface area contributed by atoms with E-state index in [4.69, 9.17) is 16.7 Å². The maximum absolute atomic E-state index is 8.99. The summed E-state index contributed by atoms with van der Waals surface area (Å²) in [4.78, 5) is 2.16. The van der Waals surface area contributed by atoms with Crippen molar-refractivity contribution in [3.63, 3.8) is 0 Å². The molecule has 1 rings (SSSR count). The molecule has 0 aromatic heterocycles. The lowest BCUT2D eigenvalue weighted by molar-refractivity contribution is 0.282. The highest BCUT2D eigenvalue weighted by Crippen LogP contribution is 2.23. The number of nitrogens with zero attached hydrogens (tertiary/aromatic N) is 1. The summed E-state index contributed by atoms with van der Waals surface area (Å²) in [6.45, 7) is 0.990. The molecule has 0 atom stereocenters. The number of benzene rings is 1. The summed E-state index contributed by atoms with van der Waals surface area (Å²) < 4.78 is 0. The Balaban J connectivity index is 2.73. The van der Waals surface area contributed by atoms with Crippen molar-refractivity contribution in [1.29, 1.82) is 0 Å². The summed E-state index contributed by atoms with van der Waals surface area (Å²) in [5.74, 6) is 1.09. The second-order valence-electron chi connectivity index (χ2n) is 3.35. The van der Waals surface area contributed by atoms with Crippen molar-refractivity contribution in [1.82, 2.24) is 0 Å². The minimum absolute atomic E-state index is 0.00631. The third kappa shape index (κ3) is 3.59. The molecular formula is C11H16ClNOS. The van der Waals surface area contributed by atoms with E-state index in [9.17, 15) is 0 Å². The molecule has 15 heavy (non-hydrogen) atoms.